The zero-order valence-corrected chi connectivity index (χ0v) is 7.67. The number of carboxylic acid groups (broad SMARTS) is 1. The van der Waals surface area contributed by atoms with Crippen LogP contribution in [0.4, 0.5) is 8.78 Å². The van der Waals surface area contributed by atoms with E-state index < -0.39 is 29.6 Å². The van der Waals surface area contributed by atoms with Gasteiger partial charge < -0.3 is 10.4 Å². The maximum atomic E-state index is 13.1. The molecule has 80 valence electrons. The minimum Gasteiger partial charge on any atom is -0.481 e. The average molecular weight is 205 g/mol. The number of hydrogen-bond donors (Lipinski definition) is 2. The Labute approximate surface area is 80.5 Å². The molecule has 2 bridgehead atoms. The van der Waals surface area contributed by atoms with Crippen molar-refractivity contribution in [3.05, 3.63) is 0 Å². The minimum absolute atomic E-state index is 0.284. The number of halogens is 2. The van der Waals surface area contributed by atoms with E-state index in [4.69, 9.17) is 5.11 Å². The summed E-state index contributed by atoms with van der Waals surface area (Å²) in [4.78, 5) is 10.9. The number of rotatable bonds is 1. The molecule has 5 heteroatoms. The maximum absolute atomic E-state index is 13.1. The fraction of sp³-hybridized carbons (Fsp3) is 0.889. The summed E-state index contributed by atoms with van der Waals surface area (Å²) in [5.41, 5.74) is 0. The first-order valence-corrected chi connectivity index (χ1v) is 4.81. The summed E-state index contributed by atoms with van der Waals surface area (Å²) in [6.45, 7) is 0.812. The SMILES string of the molecule is O=C(O)C1C2CNCC1CC(F)(F)C2. The molecule has 2 N–H and O–H groups in total. The largest absolute Gasteiger partial charge is 0.481 e. The minimum atomic E-state index is -2.66. The zero-order chi connectivity index (χ0) is 10.3. The Bertz CT molecular complexity index is 241. The lowest BCUT2D eigenvalue weighted by Crippen LogP contribution is -2.53. The Morgan fingerprint density at radius 2 is 1.79 bits per heavy atom. The lowest BCUT2D eigenvalue weighted by molar-refractivity contribution is -0.159. The molecule has 1 aliphatic heterocycles. The van der Waals surface area contributed by atoms with Gasteiger partial charge in [0.25, 0.3) is 0 Å². The third kappa shape index (κ3) is 1.61. The topological polar surface area (TPSA) is 49.3 Å². The van der Waals surface area contributed by atoms with Gasteiger partial charge >= 0.3 is 5.97 Å². The molecule has 2 atom stereocenters. The second-order valence-corrected chi connectivity index (χ2v) is 4.31. The van der Waals surface area contributed by atoms with Crippen LogP contribution in [0.15, 0.2) is 0 Å². The third-order valence-corrected chi connectivity index (χ3v) is 3.24. The molecule has 3 nitrogen and oxygen atoms in total. The highest BCUT2D eigenvalue weighted by Gasteiger charge is 2.51. The molecular formula is C9H13F2NO2. The third-order valence-electron chi connectivity index (χ3n) is 3.24. The van der Waals surface area contributed by atoms with Crippen molar-refractivity contribution in [3.8, 4) is 0 Å². The number of piperidine rings is 1. The van der Waals surface area contributed by atoms with Gasteiger partial charge in [0.2, 0.25) is 5.92 Å². The summed E-state index contributed by atoms with van der Waals surface area (Å²) < 4.78 is 26.3. The molecule has 2 unspecified atom stereocenters. The number of aliphatic carboxylic acids is 1. The molecule has 14 heavy (non-hydrogen) atoms. The van der Waals surface area contributed by atoms with Gasteiger partial charge in [-0.3, -0.25) is 4.79 Å². The Kier molecular flexibility index (Phi) is 2.21. The molecule has 2 fully saturated rings. The predicted octanol–water partition coefficient (Wildman–Crippen LogP) is 0.952. The highest BCUT2D eigenvalue weighted by molar-refractivity contribution is 5.71. The summed E-state index contributed by atoms with van der Waals surface area (Å²) >= 11 is 0. The van der Waals surface area contributed by atoms with Gasteiger partial charge in [0.1, 0.15) is 0 Å². The van der Waals surface area contributed by atoms with Gasteiger partial charge in [-0.05, 0) is 24.9 Å². The van der Waals surface area contributed by atoms with Crippen LogP contribution >= 0.6 is 0 Å². The zero-order valence-electron chi connectivity index (χ0n) is 7.67. The smallest absolute Gasteiger partial charge is 0.307 e. The molecule has 1 saturated heterocycles. The fourth-order valence-electron chi connectivity index (χ4n) is 2.75. The lowest BCUT2D eigenvalue weighted by atomic mass is 9.68. The molecule has 0 aromatic rings. The van der Waals surface area contributed by atoms with E-state index in [2.05, 4.69) is 5.32 Å². The molecule has 0 aromatic heterocycles. The second-order valence-electron chi connectivity index (χ2n) is 4.31. The van der Waals surface area contributed by atoms with Crippen molar-refractivity contribution in [2.45, 2.75) is 18.8 Å². The molecule has 2 rings (SSSR count). The molecule has 0 spiro atoms. The molecule has 0 amide bonds. The van der Waals surface area contributed by atoms with Gasteiger partial charge in [-0.1, -0.05) is 0 Å². The van der Waals surface area contributed by atoms with Crippen molar-refractivity contribution in [2.75, 3.05) is 13.1 Å². The van der Waals surface area contributed by atoms with Crippen LogP contribution in [-0.2, 0) is 4.79 Å². The van der Waals surface area contributed by atoms with Crippen molar-refractivity contribution in [1.29, 1.82) is 0 Å². The standard InChI is InChI=1S/C9H13F2NO2/c10-9(11)1-5-3-12-4-6(2-9)7(5)8(13)14/h5-7,12H,1-4H2,(H,13,14). The number of nitrogens with one attached hydrogen (secondary N) is 1. The quantitative estimate of drug-likeness (QED) is 0.670. The van der Waals surface area contributed by atoms with Crippen molar-refractivity contribution in [1.82, 2.24) is 5.32 Å². The van der Waals surface area contributed by atoms with E-state index in [1.807, 2.05) is 0 Å². The number of carboxylic acids is 1. The number of alkyl halides is 2. The van der Waals surface area contributed by atoms with Crippen molar-refractivity contribution in [2.24, 2.45) is 17.8 Å². The van der Waals surface area contributed by atoms with Crippen LogP contribution in [-0.4, -0.2) is 30.1 Å². The average Bonchev–Trinajstić information content (AvgIpc) is 1.99. The van der Waals surface area contributed by atoms with Crippen LogP contribution in [0.1, 0.15) is 12.8 Å². The summed E-state index contributed by atoms with van der Waals surface area (Å²) in [6.07, 6.45) is -0.569. The van der Waals surface area contributed by atoms with Crippen LogP contribution in [0, 0.1) is 17.8 Å². The van der Waals surface area contributed by atoms with E-state index >= 15 is 0 Å². The summed E-state index contributed by atoms with van der Waals surface area (Å²) in [5.74, 6) is -4.97. The lowest BCUT2D eigenvalue weighted by Gasteiger charge is -2.43. The van der Waals surface area contributed by atoms with E-state index in [1.165, 1.54) is 0 Å². The normalized spacial score (nSPS) is 40.6. The Hall–Kier alpha value is -0.710. The maximum Gasteiger partial charge on any atom is 0.307 e. The van der Waals surface area contributed by atoms with Gasteiger partial charge in [0, 0.05) is 12.8 Å². The molecular weight excluding hydrogens is 192 g/mol. The van der Waals surface area contributed by atoms with Crippen molar-refractivity contribution in [3.63, 3.8) is 0 Å². The highest BCUT2D eigenvalue weighted by Crippen LogP contribution is 2.44. The van der Waals surface area contributed by atoms with Gasteiger partial charge in [0.15, 0.2) is 0 Å². The Balaban J connectivity index is 2.19. The van der Waals surface area contributed by atoms with Gasteiger partial charge in [-0.25, -0.2) is 8.78 Å². The van der Waals surface area contributed by atoms with Crippen LogP contribution in [0.3, 0.4) is 0 Å². The predicted molar refractivity (Wildman–Crippen MR) is 45.2 cm³/mol. The van der Waals surface area contributed by atoms with Gasteiger partial charge in [-0.15, -0.1) is 0 Å². The van der Waals surface area contributed by atoms with E-state index in [0.29, 0.717) is 13.1 Å². The van der Waals surface area contributed by atoms with Gasteiger partial charge in [0.05, 0.1) is 5.92 Å². The fourth-order valence-corrected chi connectivity index (χ4v) is 2.75. The van der Waals surface area contributed by atoms with Crippen molar-refractivity contribution >= 4 is 5.97 Å². The first-order valence-electron chi connectivity index (χ1n) is 4.81. The van der Waals surface area contributed by atoms with Crippen LogP contribution in [0.5, 0.6) is 0 Å². The monoisotopic (exact) mass is 205 g/mol. The van der Waals surface area contributed by atoms with E-state index in [1.54, 1.807) is 0 Å². The summed E-state index contributed by atoms with van der Waals surface area (Å²) in [6, 6.07) is 0. The second kappa shape index (κ2) is 3.15. The summed E-state index contributed by atoms with van der Waals surface area (Å²) in [5, 5.41) is 12.0. The molecule has 0 aromatic carbocycles. The Morgan fingerprint density at radius 1 is 1.29 bits per heavy atom. The molecule has 2 aliphatic rings. The number of hydrogen-bond acceptors (Lipinski definition) is 2. The van der Waals surface area contributed by atoms with Crippen LogP contribution in [0.2, 0.25) is 0 Å². The van der Waals surface area contributed by atoms with Gasteiger partial charge in [-0.2, -0.15) is 0 Å². The Morgan fingerprint density at radius 3 is 2.21 bits per heavy atom. The van der Waals surface area contributed by atoms with Crippen LogP contribution in [0.25, 0.3) is 0 Å². The molecule has 1 heterocycles. The first kappa shape index (κ1) is 9.83. The van der Waals surface area contributed by atoms with E-state index in [0.717, 1.165) is 0 Å². The highest BCUT2D eigenvalue weighted by atomic mass is 19.3. The first-order chi connectivity index (χ1) is 6.49. The number of fused-ring (bicyclic) bond motifs is 2. The molecule has 1 aliphatic carbocycles. The number of carbonyl (C=O) groups is 1. The van der Waals surface area contributed by atoms with Crippen molar-refractivity contribution < 1.29 is 18.7 Å². The summed E-state index contributed by atoms with van der Waals surface area (Å²) in [7, 11) is 0. The molecule has 1 saturated carbocycles. The van der Waals surface area contributed by atoms with E-state index in [-0.39, 0.29) is 12.8 Å². The van der Waals surface area contributed by atoms with Crippen LogP contribution < -0.4 is 5.32 Å². The van der Waals surface area contributed by atoms with E-state index in [9.17, 15) is 13.6 Å². The molecule has 0 radical (unpaired) electrons.